The van der Waals surface area contributed by atoms with Crippen molar-refractivity contribution in [3.63, 3.8) is 0 Å². The van der Waals surface area contributed by atoms with Crippen LogP contribution in [-0.4, -0.2) is 19.1 Å². The van der Waals surface area contributed by atoms with Crippen LogP contribution in [0.5, 0.6) is 0 Å². The van der Waals surface area contributed by atoms with E-state index in [1.807, 2.05) is 33.8 Å². The summed E-state index contributed by atoms with van der Waals surface area (Å²) in [5, 5.41) is 0. The molecule has 0 radical (unpaired) electrons. The molecule has 0 saturated heterocycles. The number of esters is 1. The van der Waals surface area contributed by atoms with Crippen molar-refractivity contribution in [2.75, 3.05) is 13.2 Å². The molecule has 0 fully saturated rings. The summed E-state index contributed by atoms with van der Waals surface area (Å²) in [7, 11) is 0. The van der Waals surface area contributed by atoms with Gasteiger partial charge in [-0.3, -0.25) is 0 Å². The van der Waals surface area contributed by atoms with Gasteiger partial charge in [0, 0.05) is 12.0 Å². The van der Waals surface area contributed by atoms with E-state index in [1.54, 1.807) is 0 Å². The van der Waals surface area contributed by atoms with Gasteiger partial charge in [0.2, 0.25) is 0 Å². The monoisotopic (exact) mass is 235 g/mol. The van der Waals surface area contributed by atoms with E-state index in [-0.39, 0.29) is 23.8 Å². The lowest BCUT2D eigenvalue weighted by atomic mass is 9.86. The molecule has 0 bridgehead atoms. The maximum atomic E-state index is 11.6. The Hall–Kier alpha value is -0.540. The summed E-state index contributed by atoms with van der Waals surface area (Å²) in [5.41, 5.74) is 4.35. The van der Waals surface area contributed by atoms with Crippen molar-refractivity contribution < 1.29 is 27.7 Å². The van der Waals surface area contributed by atoms with Gasteiger partial charge in [-0.05, 0) is 12.3 Å². The standard InChI is InChI=1S/C11H21NO2.ClH/c1-5-14-10(13)9(7-6-8-12)11(2,3)4;/h7H,5-6,8,12H2,1-4H3;1H. The molecule has 0 spiro atoms. The molecule has 0 heterocycles. The molecule has 0 aliphatic rings. The largest absolute Gasteiger partial charge is 1.00 e. The lowest BCUT2D eigenvalue weighted by Crippen LogP contribution is -3.00. The van der Waals surface area contributed by atoms with Crippen molar-refractivity contribution in [3.05, 3.63) is 11.6 Å². The average molecular weight is 236 g/mol. The van der Waals surface area contributed by atoms with Crippen LogP contribution in [0.3, 0.4) is 0 Å². The summed E-state index contributed by atoms with van der Waals surface area (Å²) < 4.78 is 5.00. The lowest BCUT2D eigenvalue weighted by molar-refractivity contribution is -0.366. The Kier molecular flexibility index (Phi) is 8.68. The molecule has 15 heavy (non-hydrogen) atoms. The van der Waals surface area contributed by atoms with Gasteiger partial charge in [0.05, 0.1) is 13.2 Å². The third-order valence-corrected chi connectivity index (χ3v) is 1.86. The number of quaternary nitrogens is 1. The van der Waals surface area contributed by atoms with Crippen LogP contribution < -0.4 is 18.1 Å². The lowest BCUT2D eigenvalue weighted by Gasteiger charge is -2.21. The molecule has 3 N–H and O–H groups in total. The fourth-order valence-electron chi connectivity index (χ4n) is 1.15. The first kappa shape index (κ1) is 16.9. The van der Waals surface area contributed by atoms with Crippen LogP contribution in [0.2, 0.25) is 0 Å². The van der Waals surface area contributed by atoms with Crippen molar-refractivity contribution in [2.45, 2.75) is 34.1 Å². The van der Waals surface area contributed by atoms with Crippen LogP contribution >= 0.6 is 0 Å². The van der Waals surface area contributed by atoms with E-state index < -0.39 is 0 Å². The summed E-state index contributed by atoms with van der Waals surface area (Å²) in [5.74, 6) is -0.201. The second kappa shape index (κ2) is 7.71. The summed E-state index contributed by atoms with van der Waals surface area (Å²) >= 11 is 0. The first-order valence-corrected chi connectivity index (χ1v) is 5.10. The van der Waals surface area contributed by atoms with E-state index in [0.717, 1.165) is 18.5 Å². The minimum absolute atomic E-state index is 0. The molecule has 0 saturated carbocycles. The molecule has 0 aromatic rings. The third-order valence-electron chi connectivity index (χ3n) is 1.86. The van der Waals surface area contributed by atoms with Crippen molar-refractivity contribution in [3.8, 4) is 0 Å². The Morgan fingerprint density at radius 3 is 2.27 bits per heavy atom. The predicted octanol–water partition coefficient (Wildman–Crippen LogP) is -1.84. The van der Waals surface area contributed by atoms with Gasteiger partial charge in [0.25, 0.3) is 0 Å². The molecule has 4 heteroatoms. The van der Waals surface area contributed by atoms with Crippen LogP contribution in [0.4, 0.5) is 0 Å². The predicted molar refractivity (Wildman–Crippen MR) is 56.5 cm³/mol. The van der Waals surface area contributed by atoms with Crippen LogP contribution in [0.15, 0.2) is 11.6 Å². The van der Waals surface area contributed by atoms with Crippen LogP contribution in [0, 0.1) is 5.41 Å². The van der Waals surface area contributed by atoms with Gasteiger partial charge >= 0.3 is 5.97 Å². The highest BCUT2D eigenvalue weighted by Crippen LogP contribution is 2.26. The minimum atomic E-state index is -0.201. The van der Waals surface area contributed by atoms with E-state index in [2.05, 4.69) is 5.73 Å². The molecule has 0 unspecified atom stereocenters. The SMILES string of the molecule is CCOC(=O)C(=CCC[NH3+])C(C)(C)C.[Cl-]. The number of carbonyl (C=O) groups is 1. The third kappa shape index (κ3) is 6.52. The van der Waals surface area contributed by atoms with Gasteiger partial charge in [-0.1, -0.05) is 26.8 Å². The Labute approximate surface area is 98.5 Å². The number of hydrogen-bond acceptors (Lipinski definition) is 2. The Morgan fingerprint density at radius 2 is 1.93 bits per heavy atom. The normalized spacial score (nSPS) is 11.9. The molecule has 0 amide bonds. The number of halogens is 1. The molecular weight excluding hydrogens is 214 g/mol. The number of hydrogen-bond donors (Lipinski definition) is 1. The Balaban J connectivity index is 0. The highest BCUT2D eigenvalue weighted by Gasteiger charge is 2.24. The van der Waals surface area contributed by atoms with E-state index in [0.29, 0.717) is 6.61 Å². The molecule has 90 valence electrons. The van der Waals surface area contributed by atoms with Crippen molar-refractivity contribution in [1.82, 2.24) is 0 Å². The molecule has 0 rings (SSSR count). The maximum Gasteiger partial charge on any atom is 0.334 e. The van der Waals surface area contributed by atoms with Crippen LogP contribution in [0.1, 0.15) is 34.1 Å². The number of carbonyl (C=O) groups excluding carboxylic acids is 1. The average Bonchev–Trinajstić information content (AvgIpc) is 2.03. The highest BCUT2D eigenvalue weighted by molar-refractivity contribution is 5.89. The molecule has 0 aliphatic heterocycles. The Morgan fingerprint density at radius 1 is 1.40 bits per heavy atom. The summed E-state index contributed by atoms with van der Waals surface area (Å²) in [6.45, 7) is 9.09. The van der Waals surface area contributed by atoms with E-state index in [4.69, 9.17) is 4.74 Å². The summed E-state index contributed by atoms with van der Waals surface area (Å²) in [6, 6.07) is 0. The minimum Gasteiger partial charge on any atom is -1.00 e. The quantitative estimate of drug-likeness (QED) is 0.460. The number of rotatable bonds is 4. The fraction of sp³-hybridized carbons (Fsp3) is 0.727. The van der Waals surface area contributed by atoms with Crippen LogP contribution in [0.25, 0.3) is 0 Å². The van der Waals surface area contributed by atoms with E-state index in [9.17, 15) is 4.79 Å². The Bertz CT molecular complexity index is 219. The van der Waals surface area contributed by atoms with Gasteiger partial charge in [-0.15, -0.1) is 0 Å². The topological polar surface area (TPSA) is 53.9 Å². The maximum absolute atomic E-state index is 11.6. The van der Waals surface area contributed by atoms with Crippen molar-refractivity contribution in [1.29, 1.82) is 0 Å². The fourth-order valence-corrected chi connectivity index (χ4v) is 1.15. The first-order valence-electron chi connectivity index (χ1n) is 5.10. The van der Waals surface area contributed by atoms with E-state index in [1.165, 1.54) is 0 Å². The van der Waals surface area contributed by atoms with Crippen LogP contribution in [-0.2, 0) is 9.53 Å². The van der Waals surface area contributed by atoms with Gasteiger partial charge < -0.3 is 22.9 Å². The second-order valence-corrected chi connectivity index (χ2v) is 4.23. The molecular formula is C11H22ClNO2. The smallest absolute Gasteiger partial charge is 0.334 e. The number of ether oxygens (including phenoxy) is 1. The van der Waals surface area contributed by atoms with Gasteiger partial charge in [-0.2, -0.15) is 0 Å². The zero-order valence-electron chi connectivity index (χ0n) is 10.1. The van der Waals surface area contributed by atoms with Crippen molar-refractivity contribution in [2.24, 2.45) is 5.41 Å². The zero-order chi connectivity index (χ0) is 11.2. The van der Waals surface area contributed by atoms with Crippen molar-refractivity contribution >= 4 is 5.97 Å². The zero-order valence-corrected chi connectivity index (χ0v) is 10.9. The molecule has 0 aromatic carbocycles. The second-order valence-electron chi connectivity index (χ2n) is 4.23. The van der Waals surface area contributed by atoms with Gasteiger partial charge in [-0.25, -0.2) is 4.79 Å². The summed E-state index contributed by atoms with van der Waals surface area (Å²) in [4.78, 5) is 11.6. The highest BCUT2D eigenvalue weighted by atomic mass is 35.5. The molecule has 0 aromatic heterocycles. The molecule has 0 aliphatic carbocycles. The molecule has 3 nitrogen and oxygen atoms in total. The summed E-state index contributed by atoms with van der Waals surface area (Å²) in [6.07, 6.45) is 2.76. The van der Waals surface area contributed by atoms with Gasteiger partial charge in [0.1, 0.15) is 0 Å². The molecule has 0 atom stereocenters. The van der Waals surface area contributed by atoms with E-state index >= 15 is 0 Å². The first-order chi connectivity index (χ1) is 6.43. The van der Waals surface area contributed by atoms with Gasteiger partial charge in [0.15, 0.2) is 0 Å².